The van der Waals surface area contributed by atoms with Gasteiger partial charge in [-0.1, -0.05) is 91.0 Å². The van der Waals surface area contributed by atoms with Crippen molar-refractivity contribution in [2.24, 2.45) is 0 Å². The lowest BCUT2D eigenvalue weighted by Gasteiger charge is -2.24. The number of esters is 4. The Bertz CT molecular complexity index is 2800. The second kappa shape index (κ2) is 21.1. The first-order chi connectivity index (χ1) is 32.0. The van der Waals surface area contributed by atoms with Gasteiger partial charge in [-0.3, -0.25) is 4.79 Å². The van der Waals surface area contributed by atoms with Crippen LogP contribution in [0.3, 0.4) is 0 Å². The topological polar surface area (TPSA) is 176 Å². The maximum Gasteiger partial charge on any atom is 0.347 e. The molecule has 6 aromatic rings. The smallest absolute Gasteiger partial charge is 0.347 e. The molecule has 0 aromatic heterocycles. The third kappa shape index (κ3) is 10.1. The summed E-state index contributed by atoms with van der Waals surface area (Å²) < 4.78 is 35.3. The van der Waals surface area contributed by atoms with E-state index in [2.05, 4.69) is 5.32 Å². The first kappa shape index (κ1) is 48.8. The number of phenols is 2. The van der Waals surface area contributed by atoms with E-state index in [0.29, 0.717) is 33.4 Å². The predicted octanol–water partition coefficient (Wildman–Crippen LogP) is 9.80. The molecular weight excluding hydrogens is 855 g/mol. The molecule has 13 heteroatoms. The Hall–Kier alpha value is -7.64. The van der Waals surface area contributed by atoms with Crippen molar-refractivity contribution in [1.82, 2.24) is 5.32 Å². The number of methoxy groups -OCH3 is 2. The first-order valence-electron chi connectivity index (χ1n) is 21.6. The van der Waals surface area contributed by atoms with Crippen LogP contribution in [0.2, 0.25) is 0 Å². The quantitative estimate of drug-likeness (QED) is 0.0619. The Kier molecular flexibility index (Phi) is 15.4. The average molecular weight is 910 g/mol. The van der Waals surface area contributed by atoms with E-state index in [1.165, 1.54) is 21.1 Å². The zero-order valence-electron chi connectivity index (χ0n) is 39.3. The van der Waals surface area contributed by atoms with Crippen molar-refractivity contribution in [2.45, 2.75) is 74.6 Å². The summed E-state index contributed by atoms with van der Waals surface area (Å²) in [7, 11) is 2.80. The van der Waals surface area contributed by atoms with Gasteiger partial charge in [-0.25, -0.2) is 14.4 Å². The summed E-state index contributed by atoms with van der Waals surface area (Å²) >= 11 is 0. The zero-order valence-corrected chi connectivity index (χ0v) is 39.3. The molecule has 0 aliphatic heterocycles. The second-order valence-corrected chi connectivity index (χ2v) is 16.2. The highest BCUT2D eigenvalue weighted by molar-refractivity contribution is 6.01. The first-order valence-corrected chi connectivity index (χ1v) is 21.6. The lowest BCUT2D eigenvalue weighted by atomic mass is 9.95. The fourth-order valence-electron chi connectivity index (χ4n) is 8.12. The summed E-state index contributed by atoms with van der Waals surface area (Å²) in [5.74, 6) is -3.08. The largest absolute Gasteiger partial charge is 0.507 e. The molecule has 13 nitrogen and oxygen atoms in total. The standard InChI is InChI=1S/C54H55NO12/c1-29-31(3)47(65-52(59)42-33(5)40(45(57)34(6)46(42)58)26-55-27-41(56)64-28-37-20-14-11-15-21-37)35(7)49(62-9)43(29)53(60)66-48-32(4)30(2)44(50(63-10)36(48)8)54(61)67-51(38-22-16-12-17-23-38)39-24-18-13-19-25-39/h11-25,51,55,57-58H,26-28H2,1-10H3. The number of aromatic hydroxyl groups is 2. The number of ether oxygens (including phenoxy) is 6. The van der Waals surface area contributed by atoms with Gasteiger partial charge in [0.1, 0.15) is 57.8 Å². The maximum absolute atomic E-state index is 14.4. The van der Waals surface area contributed by atoms with Gasteiger partial charge in [0.15, 0.2) is 6.10 Å². The fraction of sp³-hybridized carbons (Fsp3) is 0.259. The zero-order chi connectivity index (χ0) is 48.7. The minimum atomic E-state index is -0.934. The van der Waals surface area contributed by atoms with E-state index in [-0.39, 0.29) is 81.8 Å². The maximum atomic E-state index is 14.4. The molecule has 0 aliphatic carbocycles. The fourth-order valence-corrected chi connectivity index (χ4v) is 8.12. The Morgan fingerprint density at radius 1 is 0.507 bits per heavy atom. The summed E-state index contributed by atoms with van der Waals surface area (Å²) in [6, 6.07) is 28.1. The molecule has 0 atom stereocenters. The highest BCUT2D eigenvalue weighted by Gasteiger charge is 2.33. The number of nitrogens with one attached hydrogen (secondary N) is 1. The van der Waals surface area contributed by atoms with Crippen LogP contribution in [0.4, 0.5) is 0 Å². The van der Waals surface area contributed by atoms with Crippen molar-refractivity contribution in [1.29, 1.82) is 0 Å². The van der Waals surface area contributed by atoms with Crippen molar-refractivity contribution >= 4 is 23.9 Å². The summed E-state index contributed by atoms with van der Waals surface area (Å²) in [5, 5.41) is 25.1. The van der Waals surface area contributed by atoms with Gasteiger partial charge < -0.3 is 44.0 Å². The highest BCUT2D eigenvalue weighted by Crippen LogP contribution is 2.44. The van der Waals surface area contributed by atoms with Gasteiger partial charge >= 0.3 is 23.9 Å². The Morgan fingerprint density at radius 2 is 0.955 bits per heavy atom. The van der Waals surface area contributed by atoms with Gasteiger partial charge in [0.05, 0.1) is 20.8 Å². The summed E-state index contributed by atoms with van der Waals surface area (Å²) in [4.78, 5) is 55.1. The Labute approximate surface area is 390 Å². The SMILES string of the molecule is COc1c(C)c(OC(=O)c2c(C)c(CNCC(=O)OCc3ccccc3)c(O)c(C)c2O)c(C)c(C)c1C(=O)Oc1c(C)c(C)c(C(=O)OC(c2ccccc2)c2ccccc2)c(OC)c1C. The van der Waals surface area contributed by atoms with Gasteiger partial charge in [-0.2, -0.15) is 0 Å². The van der Waals surface area contributed by atoms with Crippen molar-refractivity contribution in [3.8, 4) is 34.5 Å². The van der Waals surface area contributed by atoms with E-state index >= 15 is 0 Å². The van der Waals surface area contributed by atoms with Crippen LogP contribution < -0.4 is 24.3 Å². The van der Waals surface area contributed by atoms with Crippen molar-refractivity contribution in [2.75, 3.05) is 20.8 Å². The molecule has 0 unspecified atom stereocenters. The number of rotatable bonds is 16. The summed E-state index contributed by atoms with van der Waals surface area (Å²) in [6.45, 7) is 13.0. The van der Waals surface area contributed by atoms with Crippen LogP contribution in [0.5, 0.6) is 34.5 Å². The van der Waals surface area contributed by atoms with Gasteiger partial charge in [0.2, 0.25) is 0 Å². The molecule has 0 amide bonds. The number of carbonyl (C=O) groups excluding carboxylic acids is 4. The van der Waals surface area contributed by atoms with Crippen LogP contribution in [0.1, 0.15) is 104 Å². The molecule has 0 saturated heterocycles. The molecule has 0 radical (unpaired) electrons. The van der Waals surface area contributed by atoms with Gasteiger partial charge in [0, 0.05) is 28.8 Å². The van der Waals surface area contributed by atoms with E-state index in [1.54, 1.807) is 48.5 Å². The number of benzene rings is 6. The van der Waals surface area contributed by atoms with Crippen LogP contribution in [0.25, 0.3) is 0 Å². The van der Waals surface area contributed by atoms with Gasteiger partial charge in [-0.05, 0) is 99.9 Å². The highest BCUT2D eigenvalue weighted by atomic mass is 16.6. The van der Waals surface area contributed by atoms with E-state index in [0.717, 1.165) is 16.7 Å². The predicted molar refractivity (Wildman–Crippen MR) is 252 cm³/mol. The van der Waals surface area contributed by atoms with Gasteiger partial charge in [-0.15, -0.1) is 0 Å². The third-order valence-electron chi connectivity index (χ3n) is 12.1. The molecule has 0 heterocycles. The lowest BCUT2D eigenvalue weighted by molar-refractivity contribution is -0.143. The normalized spacial score (nSPS) is 11.0. The molecule has 348 valence electrons. The molecule has 0 bridgehead atoms. The molecule has 6 aromatic carbocycles. The minimum absolute atomic E-state index is 0.0345. The molecule has 6 rings (SSSR count). The van der Waals surface area contributed by atoms with E-state index in [4.69, 9.17) is 28.4 Å². The van der Waals surface area contributed by atoms with E-state index in [1.807, 2.05) is 91.0 Å². The second-order valence-electron chi connectivity index (χ2n) is 16.2. The number of carbonyl (C=O) groups is 4. The average Bonchev–Trinajstić information content (AvgIpc) is 3.33. The van der Waals surface area contributed by atoms with E-state index < -0.39 is 35.7 Å². The number of hydrogen-bond acceptors (Lipinski definition) is 13. The third-order valence-corrected chi connectivity index (χ3v) is 12.1. The van der Waals surface area contributed by atoms with Crippen LogP contribution >= 0.6 is 0 Å². The minimum Gasteiger partial charge on any atom is -0.507 e. The van der Waals surface area contributed by atoms with E-state index in [9.17, 15) is 29.4 Å². The Morgan fingerprint density at radius 3 is 1.43 bits per heavy atom. The molecule has 3 N–H and O–H groups in total. The molecule has 0 spiro atoms. The van der Waals surface area contributed by atoms with Gasteiger partial charge in [0.25, 0.3) is 0 Å². The monoisotopic (exact) mass is 909 g/mol. The van der Waals surface area contributed by atoms with Crippen molar-refractivity contribution in [3.63, 3.8) is 0 Å². The van der Waals surface area contributed by atoms with Crippen molar-refractivity contribution < 1.29 is 57.8 Å². The van der Waals surface area contributed by atoms with Crippen LogP contribution in [-0.2, 0) is 27.4 Å². The molecule has 0 aliphatic rings. The summed E-state index contributed by atoms with van der Waals surface area (Å²) in [5.41, 5.74) is 5.44. The number of phenolic OH excluding ortho intramolecular Hbond substituents is 2. The molecule has 0 fully saturated rings. The molecular formula is C54H55NO12. The van der Waals surface area contributed by atoms with Crippen LogP contribution in [0, 0.1) is 55.4 Å². The van der Waals surface area contributed by atoms with Crippen LogP contribution in [0.15, 0.2) is 91.0 Å². The number of hydrogen-bond donors (Lipinski definition) is 3. The summed E-state index contributed by atoms with van der Waals surface area (Å²) in [6.07, 6.45) is -0.712. The van der Waals surface area contributed by atoms with Crippen molar-refractivity contribution in [3.05, 3.63) is 174 Å². The molecule has 67 heavy (non-hydrogen) atoms. The lowest BCUT2D eigenvalue weighted by Crippen LogP contribution is -2.25. The molecule has 0 saturated carbocycles. The Balaban J connectivity index is 1.25. The van der Waals surface area contributed by atoms with Crippen LogP contribution in [-0.4, -0.2) is 54.9 Å².